The van der Waals surface area contributed by atoms with Crippen LogP contribution < -0.4 is 5.73 Å². The molecule has 1 aromatic heterocycles. The van der Waals surface area contributed by atoms with Crippen LogP contribution in [0.2, 0.25) is 0 Å². The van der Waals surface area contributed by atoms with E-state index < -0.39 is 0 Å². The second-order valence-electron chi connectivity index (χ2n) is 3.10. The van der Waals surface area contributed by atoms with E-state index in [1.807, 2.05) is 0 Å². The largest absolute Gasteiger partial charge is 0.364 e. The van der Waals surface area contributed by atoms with Gasteiger partial charge in [0.2, 0.25) is 0 Å². The SMILES string of the molecule is CC(N)c1nocc1C(=O)N(C)C. The third-order valence-corrected chi connectivity index (χ3v) is 1.67. The molecule has 5 nitrogen and oxygen atoms in total. The molecule has 5 heteroatoms. The van der Waals surface area contributed by atoms with E-state index in [0.717, 1.165) is 0 Å². The lowest BCUT2D eigenvalue weighted by Crippen LogP contribution is -2.23. The second kappa shape index (κ2) is 3.57. The number of nitrogens with two attached hydrogens (primary N) is 1. The molecule has 72 valence electrons. The Hall–Kier alpha value is -1.36. The Morgan fingerprint density at radius 3 is 2.77 bits per heavy atom. The third-order valence-electron chi connectivity index (χ3n) is 1.67. The molecule has 1 amide bonds. The van der Waals surface area contributed by atoms with Crippen molar-refractivity contribution < 1.29 is 9.32 Å². The summed E-state index contributed by atoms with van der Waals surface area (Å²) in [5.74, 6) is -0.145. The van der Waals surface area contributed by atoms with E-state index in [1.54, 1.807) is 21.0 Å². The van der Waals surface area contributed by atoms with E-state index in [9.17, 15) is 4.79 Å². The molecule has 1 rings (SSSR count). The Balaban J connectivity index is 3.01. The predicted molar refractivity (Wildman–Crippen MR) is 47.1 cm³/mol. The van der Waals surface area contributed by atoms with E-state index in [0.29, 0.717) is 11.3 Å². The van der Waals surface area contributed by atoms with Gasteiger partial charge in [0.1, 0.15) is 17.5 Å². The fraction of sp³-hybridized carbons (Fsp3) is 0.500. The molecule has 0 saturated carbocycles. The van der Waals surface area contributed by atoms with Crippen molar-refractivity contribution in [3.8, 4) is 0 Å². The molecule has 0 aromatic carbocycles. The highest BCUT2D eigenvalue weighted by atomic mass is 16.5. The number of rotatable bonds is 2. The molecule has 0 spiro atoms. The molecule has 2 N–H and O–H groups in total. The molecule has 1 aromatic rings. The van der Waals surface area contributed by atoms with Gasteiger partial charge >= 0.3 is 0 Å². The van der Waals surface area contributed by atoms with Crippen molar-refractivity contribution in [3.63, 3.8) is 0 Å². The fourth-order valence-electron chi connectivity index (χ4n) is 0.975. The van der Waals surface area contributed by atoms with Crippen molar-refractivity contribution in [2.24, 2.45) is 5.73 Å². The van der Waals surface area contributed by atoms with Gasteiger partial charge in [0.25, 0.3) is 5.91 Å². The van der Waals surface area contributed by atoms with E-state index in [1.165, 1.54) is 11.2 Å². The monoisotopic (exact) mass is 183 g/mol. The van der Waals surface area contributed by atoms with Crippen molar-refractivity contribution in [1.82, 2.24) is 10.1 Å². The molecule has 0 aliphatic heterocycles. The first kappa shape index (κ1) is 9.73. The number of carbonyl (C=O) groups is 1. The van der Waals surface area contributed by atoms with Crippen LogP contribution in [0.5, 0.6) is 0 Å². The van der Waals surface area contributed by atoms with Crippen molar-refractivity contribution >= 4 is 5.91 Å². The average Bonchev–Trinajstić information content (AvgIpc) is 2.50. The second-order valence-corrected chi connectivity index (χ2v) is 3.10. The number of amides is 1. The normalized spacial score (nSPS) is 12.6. The van der Waals surface area contributed by atoms with Crippen molar-refractivity contribution in [2.75, 3.05) is 14.1 Å². The topological polar surface area (TPSA) is 72.4 Å². The Morgan fingerprint density at radius 1 is 1.69 bits per heavy atom. The Kier molecular flexibility index (Phi) is 2.67. The van der Waals surface area contributed by atoms with Gasteiger partial charge < -0.3 is 15.2 Å². The quantitative estimate of drug-likeness (QED) is 0.720. The van der Waals surface area contributed by atoms with Crippen LogP contribution in [0.4, 0.5) is 0 Å². The van der Waals surface area contributed by atoms with Gasteiger partial charge in [0.05, 0.1) is 0 Å². The predicted octanol–water partition coefficient (Wildman–Crippen LogP) is 0.396. The molecule has 1 atom stereocenters. The highest BCUT2D eigenvalue weighted by Gasteiger charge is 2.19. The summed E-state index contributed by atoms with van der Waals surface area (Å²) in [7, 11) is 3.33. The minimum absolute atomic E-state index is 0.145. The molecule has 0 aliphatic carbocycles. The van der Waals surface area contributed by atoms with Crippen LogP contribution in [-0.4, -0.2) is 30.1 Å². The lowest BCUT2D eigenvalue weighted by molar-refractivity contribution is 0.0825. The molecule has 0 bridgehead atoms. The molecule has 0 aliphatic rings. The van der Waals surface area contributed by atoms with Gasteiger partial charge in [0, 0.05) is 20.1 Å². The van der Waals surface area contributed by atoms with Gasteiger partial charge in [-0.1, -0.05) is 5.16 Å². The Labute approximate surface area is 76.5 Å². The van der Waals surface area contributed by atoms with E-state index in [2.05, 4.69) is 5.16 Å². The zero-order valence-corrected chi connectivity index (χ0v) is 7.94. The molecule has 0 saturated heterocycles. The van der Waals surface area contributed by atoms with Crippen LogP contribution in [0.25, 0.3) is 0 Å². The maximum atomic E-state index is 11.5. The van der Waals surface area contributed by atoms with Gasteiger partial charge in [-0.15, -0.1) is 0 Å². The maximum absolute atomic E-state index is 11.5. The van der Waals surface area contributed by atoms with Crippen LogP contribution in [0.15, 0.2) is 10.8 Å². The van der Waals surface area contributed by atoms with Gasteiger partial charge in [-0.25, -0.2) is 0 Å². The molecule has 0 fully saturated rings. The zero-order valence-electron chi connectivity index (χ0n) is 7.94. The number of hydrogen-bond donors (Lipinski definition) is 1. The van der Waals surface area contributed by atoms with Crippen molar-refractivity contribution in [1.29, 1.82) is 0 Å². The highest BCUT2D eigenvalue weighted by molar-refractivity contribution is 5.94. The average molecular weight is 183 g/mol. The third kappa shape index (κ3) is 1.86. The summed E-state index contributed by atoms with van der Waals surface area (Å²) >= 11 is 0. The van der Waals surface area contributed by atoms with Gasteiger partial charge in [-0.3, -0.25) is 4.79 Å². The molecule has 13 heavy (non-hydrogen) atoms. The Morgan fingerprint density at radius 2 is 2.31 bits per heavy atom. The summed E-state index contributed by atoms with van der Waals surface area (Å²) in [6.07, 6.45) is 1.32. The summed E-state index contributed by atoms with van der Waals surface area (Å²) in [6.45, 7) is 1.75. The number of hydrogen-bond acceptors (Lipinski definition) is 4. The van der Waals surface area contributed by atoms with Crippen LogP contribution >= 0.6 is 0 Å². The molecule has 1 unspecified atom stereocenters. The van der Waals surface area contributed by atoms with Gasteiger partial charge in [0.15, 0.2) is 0 Å². The number of carbonyl (C=O) groups excluding carboxylic acids is 1. The van der Waals surface area contributed by atoms with Crippen LogP contribution in [0.1, 0.15) is 29.0 Å². The zero-order chi connectivity index (χ0) is 10.0. The minimum atomic E-state index is -0.294. The van der Waals surface area contributed by atoms with E-state index >= 15 is 0 Å². The maximum Gasteiger partial charge on any atom is 0.258 e. The number of aromatic nitrogens is 1. The summed E-state index contributed by atoms with van der Waals surface area (Å²) in [5.41, 5.74) is 6.53. The first-order valence-corrected chi connectivity index (χ1v) is 3.95. The Bertz CT molecular complexity index is 304. The van der Waals surface area contributed by atoms with E-state index in [4.69, 9.17) is 10.3 Å². The summed E-state index contributed by atoms with van der Waals surface area (Å²) in [4.78, 5) is 13.0. The summed E-state index contributed by atoms with van der Waals surface area (Å²) in [5, 5.41) is 3.67. The first-order valence-electron chi connectivity index (χ1n) is 3.95. The minimum Gasteiger partial charge on any atom is -0.364 e. The molecule has 0 radical (unpaired) electrons. The standard InChI is InChI=1S/C8H13N3O2/c1-5(9)7-6(4-13-10-7)8(12)11(2)3/h4-5H,9H2,1-3H3. The molecule has 1 heterocycles. The first-order chi connectivity index (χ1) is 6.04. The number of nitrogens with zero attached hydrogens (tertiary/aromatic N) is 2. The summed E-state index contributed by atoms with van der Waals surface area (Å²) < 4.78 is 4.70. The van der Waals surface area contributed by atoms with Crippen LogP contribution in [0, 0.1) is 0 Å². The van der Waals surface area contributed by atoms with Crippen molar-refractivity contribution in [3.05, 3.63) is 17.5 Å². The molecular formula is C8H13N3O2. The van der Waals surface area contributed by atoms with Crippen LogP contribution in [-0.2, 0) is 0 Å². The smallest absolute Gasteiger partial charge is 0.258 e. The van der Waals surface area contributed by atoms with Crippen molar-refractivity contribution in [2.45, 2.75) is 13.0 Å². The highest BCUT2D eigenvalue weighted by Crippen LogP contribution is 2.14. The fourth-order valence-corrected chi connectivity index (χ4v) is 0.975. The van der Waals surface area contributed by atoms with Gasteiger partial charge in [-0.2, -0.15) is 0 Å². The summed E-state index contributed by atoms with van der Waals surface area (Å²) in [6, 6.07) is -0.294. The van der Waals surface area contributed by atoms with Gasteiger partial charge in [-0.05, 0) is 6.92 Å². The lowest BCUT2D eigenvalue weighted by atomic mass is 10.1. The molecular weight excluding hydrogens is 170 g/mol. The van der Waals surface area contributed by atoms with Crippen LogP contribution in [0.3, 0.4) is 0 Å². The van der Waals surface area contributed by atoms with E-state index in [-0.39, 0.29) is 11.9 Å². The lowest BCUT2D eigenvalue weighted by Gasteiger charge is -2.09.